The molecule has 0 aliphatic carbocycles. The van der Waals surface area contributed by atoms with Crippen molar-refractivity contribution in [1.29, 1.82) is 0 Å². The molecular weight excluding hydrogens is 449 g/mol. The van der Waals surface area contributed by atoms with Gasteiger partial charge in [0.15, 0.2) is 0 Å². The predicted octanol–water partition coefficient (Wildman–Crippen LogP) is 4.92. The minimum atomic E-state index is -1.56. The van der Waals surface area contributed by atoms with Crippen molar-refractivity contribution in [2.24, 2.45) is 0 Å². The number of fused-ring (bicyclic) bond motifs is 1. The van der Waals surface area contributed by atoms with Crippen LogP contribution in [0.2, 0.25) is 5.02 Å². The zero-order chi connectivity index (χ0) is 23.9. The number of esters is 2. The number of halogens is 2. The first kappa shape index (κ1) is 22.5. The van der Waals surface area contributed by atoms with E-state index >= 15 is 4.39 Å². The summed E-state index contributed by atoms with van der Waals surface area (Å²) in [6.45, 7) is 4.26. The third-order valence-corrected chi connectivity index (χ3v) is 5.92. The van der Waals surface area contributed by atoms with Gasteiger partial charge in [0, 0.05) is 24.4 Å². The maximum absolute atomic E-state index is 15.5. The molecule has 1 amide bonds. The lowest BCUT2D eigenvalue weighted by atomic mass is 9.69. The molecule has 1 heterocycles. The summed E-state index contributed by atoms with van der Waals surface area (Å²) < 4.78 is 25.7. The van der Waals surface area contributed by atoms with Crippen LogP contribution in [0.5, 0.6) is 11.5 Å². The molecule has 0 saturated heterocycles. The lowest BCUT2D eigenvalue weighted by molar-refractivity contribution is -0.132. The largest absolute Gasteiger partial charge is 0.427 e. The van der Waals surface area contributed by atoms with Gasteiger partial charge in [0.25, 0.3) is 0 Å². The van der Waals surface area contributed by atoms with Crippen molar-refractivity contribution in [3.8, 4) is 11.5 Å². The van der Waals surface area contributed by atoms with Gasteiger partial charge < -0.3 is 14.8 Å². The lowest BCUT2D eigenvalue weighted by Gasteiger charge is -2.29. The summed E-state index contributed by atoms with van der Waals surface area (Å²) in [5.41, 5.74) is 0.327. The predicted molar refractivity (Wildman–Crippen MR) is 120 cm³/mol. The number of hydrogen-bond donors (Lipinski definition) is 1. The van der Waals surface area contributed by atoms with Gasteiger partial charge in [-0.05, 0) is 53.9 Å². The van der Waals surface area contributed by atoms with Gasteiger partial charge in [-0.2, -0.15) is 0 Å². The molecule has 0 fully saturated rings. The van der Waals surface area contributed by atoms with Crippen LogP contribution in [0.1, 0.15) is 36.1 Å². The maximum atomic E-state index is 15.5. The summed E-state index contributed by atoms with van der Waals surface area (Å²) >= 11 is 6.18. The Kier molecular flexibility index (Phi) is 5.68. The minimum Gasteiger partial charge on any atom is -0.427 e. The fourth-order valence-corrected chi connectivity index (χ4v) is 4.35. The lowest BCUT2D eigenvalue weighted by Crippen LogP contribution is -2.37. The number of carbonyl (C=O) groups excluding carboxylic acids is 3. The fraction of sp³-hybridized carbons (Fsp3) is 0.160. The number of anilines is 1. The highest BCUT2D eigenvalue weighted by atomic mass is 35.5. The molecule has 3 aromatic rings. The Balaban J connectivity index is 1.98. The Morgan fingerprint density at radius 2 is 1.36 bits per heavy atom. The van der Waals surface area contributed by atoms with Crippen LogP contribution in [0.15, 0.2) is 54.6 Å². The van der Waals surface area contributed by atoms with E-state index in [2.05, 4.69) is 5.32 Å². The van der Waals surface area contributed by atoms with E-state index in [0.29, 0.717) is 22.4 Å². The summed E-state index contributed by atoms with van der Waals surface area (Å²) in [6, 6.07) is 13.8. The van der Waals surface area contributed by atoms with E-state index in [4.69, 9.17) is 21.1 Å². The van der Waals surface area contributed by atoms with E-state index in [1.165, 1.54) is 44.2 Å². The molecule has 3 aromatic carbocycles. The molecule has 33 heavy (non-hydrogen) atoms. The van der Waals surface area contributed by atoms with Gasteiger partial charge in [0.1, 0.15) is 22.7 Å². The third-order valence-electron chi connectivity index (χ3n) is 5.53. The number of benzene rings is 3. The molecule has 8 heteroatoms. The molecule has 168 valence electrons. The number of rotatable bonds is 4. The van der Waals surface area contributed by atoms with Crippen LogP contribution in [0, 0.1) is 12.7 Å². The SMILES string of the molecule is CC(=O)Oc1ccc(C2(c3ccc(OC(C)=O)cc3)C(=O)Nc3c(C)c(Cl)cc(F)c32)cc1. The van der Waals surface area contributed by atoms with Crippen molar-refractivity contribution < 1.29 is 28.2 Å². The Labute approximate surface area is 194 Å². The highest BCUT2D eigenvalue weighted by molar-refractivity contribution is 6.32. The molecule has 1 N–H and O–H groups in total. The van der Waals surface area contributed by atoms with Crippen LogP contribution < -0.4 is 14.8 Å². The van der Waals surface area contributed by atoms with Gasteiger partial charge in [-0.3, -0.25) is 14.4 Å². The second kappa shape index (κ2) is 8.33. The van der Waals surface area contributed by atoms with Crippen LogP contribution in [0.25, 0.3) is 0 Å². The molecule has 4 rings (SSSR count). The van der Waals surface area contributed by atoms with Gasteiger partial charge in [0.2, 0.25) is 5.91 Å². The molecule has 0 unspecified atom stereocenters. The smallest absolute Gasteiger partial charge is 0.308 e. The summed E-state index contributed by atoms with van der Waals surface area (Å²) in [4.78, 5) is 36.2. The van der Waals surface area contributed by atoms with Crippen LogP contribution in [0.3, 0.4) is 0 Å². The van der Waals surface area contributed by atoms with Crippen molar-refractivity contribution in [3.05, 3.63) is 87.7 Å². The van der Waals surface area contributed by atoms with E-state index in [1.807, 2.05) is 0 Å². The van der Waals surface area contributed by atoms with Gasteiger partial charge in [-0.15, -0.1) is 0 Å². The van der Waals surface area contributed by atoms with Crippen molar-refractivity contribution >= 4 is 35.1 Å². The third kappa shape index (κ3) is 3.74. The monoisotopic (exact) mass is 467 g/mol. The minimum absolute atomic E-state index is 0.134. The molecule has 0 radical (unpaired) electrons. The maximum Gasteiger partial charge on any atom is 0.308 e. The van der Waals surface area contributed by atoms with Crippen molar-refractivity contribution in [2.45, 2.75) is 26.2 Å². The highest BCUT2D eigenvalue weighted by Crippen LogP contribution is 2.51. The van der Waals surface area contributed by atoms with Crippen LogP contribution in [-0.2, 0) is 19.8 Å². The van der Waals surface area contributed by atoms with E-state index < -0.39 is 29.1 Å². The number of hydrogen-bond acceptors (Lipinski definition) is 5. The van der Waals surface area contributed by atoms with Gasteiger partial charge in [-0.1, -0.05) is 35.9 Å². The van der Waals surface area contributed by atoms with Crippen molar-refractivity contribution in [3.63, 3.8) is 0 Å². The molecular formula is C25H19ClFNO5. The Bertz CT molecular complexity index is 1230. The molecule has 1 aliphatic rings. The van der Waals surface area contributed by atoms with Crippen molar-refractivity contribution in [2.75, 3.05) is 5.32 Å². The molecule has 6 nitrogen and oxygen atoms in total. The first-order valence-electron chi connectivity index (χ1n) is 10.0. The molecule has 0 spiro atoms. The van der Waals surface area contributed by atoms with Crippen LogP contribution in [0.4, 0.5) is 10.1 Å². The first-order valence-corrected chi connectivity index (χ1v) is 10.4. The molecule has 0 saturated carbocycles. The fourth-order valence-electron chi connectivity index (χ4n) is 4.16. The summed E-state index contributed by atoms with van der Waals surface area (Å²) in [5, 5.41) is 2.99. The molecule has 1 aliphatic heterocycles. The molecule has 0 atom stereocenters. The summed E-state index contributed by atoms with van der Waals surface area (Å²) in [7, 11) is 0. The van der Waals surface area contributed by atoms with Crippen molar-refractivity contribution in [1.82, 2.24) is 0 Å². The Morgan fingerprint density at radius 3 is 1.79 bits per heavy atom. The number of amides is 1. The summed E-state index contributed by atoms with van der Waals surface area (Å²) in [6.07, 6.45) is 0. The summed E-state index contributed by atoms with van der Waals surface area (Å²) in [5.74, 6) is -1.51. The van der Waals surface area contributed by atoms with Gasteiger partial charge in [0.05, 0.1) is 5.69 Å². The quantitative estimate of drug-likeness (QED) is 0.435. The normalized spacial score (nSPS) is 13.8. The molecule has 0 aromatic heterocycles. The average Bonchev–Trinajstić information content (AvgIpc) is 3.07. The standard InChI is InChI=1S/C25H19ClFNO5/c1-13-20(26)12-21(27)22-23(13)28-24(31)25(22,16-4-8-18(9-5-16)32-14(2)29)17-6-10-19(11-7-17)33-15(3)30/h4-12H,1-3H3,(H,28,31). The topological polar surface area (TPSA) is 81.7 Å². The van der Waals surface area contributed by atoms with Crippen LogP contribution in [-0.4, -0.2) is 17.8 Å². The second-order valence-electron chi connectivity index (χ2n) is 7.66. The average molecular weight is 468 g/mol. The number of carbonyl (C=O) groups is 3. The number of nitrogens with one attached hydrogen (secondary N) is 1. The zero-order valence-electron chi connectivity index (χ0n) is 18.0. The highest BCUT2D eigenvalue weighted by Gasteiger charge is 2.52. The molecule has 0 bridgehead atoms. The Hall–Kier alpha value is -3.71. The second-order valence-corrected chi connectivity index (χ2v) is 8.06. The van der Waals surface area contributed by atoms with E-state index in [9.17, 15) is 14.4 Å². The van der Waals surface area contributed by atoms with Gasteiger partial charge >= 0.3 is 11.9 Å². The van der Waals surface area contributed by atoms with Crippen LogP contribution >= 0.6 is 11.6 Å². The zero-order valence-corrected chi connectivity index (χ0v) is 18.7. The van der Waals surface area contributed by atoms with E-state index in [1.54, 1.807) is 31.2 Å². The first-order chi connectivity index (χ1) is 15.6. The Morgan fingerprint density at radius 1 is 0.909 bits per heavy atom. The van der Waals surface area contributed by atoms with Gasteiger partial charge in [-0.25, -0.2) is 4.39 Å². The van der Waals surface area contributed by atoms with E-state index in [-0.39, 0.29) is 22.1 Å². The van der Waals surface area contributed by atoms with E-state index in [0.717, 1.165) is 0 Å². The number of ether oxygens (including phenoxy) is 2.